The van der Waals surface area contributed by atoms with Gasteiger partial charge >= 0.3 is 0 Å². The average molecular weight is 515 g/mol. The second-order valence-electron chi connectivity index (χ2n) is 8.30. The summed E-state index contributed by atoms with van der Waals surface area (Å²) < 4.78 is 6.12. The van der Waals surface area contributed by atoms with E-state index in [4.69, 9.17) is 4.74 Å². The smallest absolute Gasteiger partial charge is 0.265 e. The van der Waals surface area contributed by atoms with Gasteiger partial charge in [0.25, 0.3) is 5.91 Å². The van der Waals surface area contributed by atoms with Crippen LogP contribution >= 0.6 is 27.7 Å². The van der Waals surface area contributed by atoms with Gasteiger partial charge in [-0.25, -0.2) is 0 Å². The molecule has 0 aromatic heterocycles. The molecule has 2 aromatic carbocycles. The molecule has 1 fully saturated rings. The number of fused-ring (bicyclic) bond motifs is 1. The summed E-state index contributed by atoms with van der Waals surface area (Å²) in [5.41, 5.74) is 1.66. The van der Waals surface area contributed by atoms with E-state index in [0.717, 1.165) is 45.6 Å². The molecule has 0 unspecified atom stereocenters. The van der Waals surface area contributed by atoms with Gasteiger partial charge in [0.2, 0.25) is 5.91 Å². The molecule has 168 valence electrons. The topological polar surface area (TPSA) is 58.6 Å². The van der Waals surface area contributed by atoms with Crippen molar-refractivity contribution in [2.75, 3.05) is 18.6 Å². The zero-order valence-electron chi connectivity index (χ0n) is 18.3. The van der Waals surface area contributed by atoms with E-state index in [2.05, 4.69) is 28.2 Å². The minimum absolute atomic E-state index is 0.0171. The Labute approximate surface area is 201 Å². The van der Waals surface area contributed by atoms with Crippen LogP contribution in [-0.4, -0.2) is 31.5 Å². The van der Waals surface area contributed by atoms with Crippen molar-refractivity contribution in [3.05, 3.63) is 57.4 Å². The van der Waals surface area contributed by atoms with Crippen molar-refractivity contribution >= 4 is 51.3 Å². The van der Waals surface area contributed by atoms with Gasteiger partial charge in [0.1, 0.15) is 12.3 Å². The van der Waals surface area contributed by atoms with Crippen LogP contribution in [0.1, 0.15) is 38.2 Å². The van der Waals surface area contributed by atoms with Gasteiger partial charge in [-0.3, -0.25) is 14.5 Å². The van der Waals surface area contributed by atoms with Crippen LogP contribution in [-0.2, 0) is 9.59 Å². The number of hydrogen-bond donors (Lipinski definition) is 1. The lowest BCUT2D eigenvalue weighted by Crippen LogP contribution is -2.48. The van der Waals surface area contributed by atoms with Crippen LogP contribution in [0.3, 0.4) is 0 Å². The van der Waals surface area contributed by atoms with Gasteiger partial charge in [0, 0.05) is 10.9 Å². The molecule has 1 N–H and O–H groups in total. The van der Waals surface area contributed by atoms with Gasteiger partial charge < -0.3 is 10.1 Å². The Morgan fingerprint density at radius 2 is 2.03 bits per heavy atom. The number of benzene rings is 2. The van der Waals surface area contributed by atoms with Crippen molar-refractivity contribution in [2.45, 2.75) is 43.5 Å². The number of anilines is 1. The number of nitrogens with zero attached hydrogens (tertiary/aromatic N) is 1. The molecule has 2 amide bonds. The van der Waals surface area contributed by atoms with Crippen LogP contribution in [0.2, 0.25) is 0 Å². The fourth-order valence-corrected chi connectivity index (χ4v) is 5.89. The Hall–Kier alpha value is -2.25. The van der Waals surface area contributed by atoms with Crippen LogP contribution in [0.4, 0.5) is 5.69 Å². The van der Waals surface area contributed by atoms with Gasteiger partial charge in [-0.15, -0.1) is 0 Å². The van der Waals surface area contributed by atoms with Crippen molar-refractivity contribution in [3.8, 4) is 5.75 Å². The van der Waals surface area contributed by atoms with Crippen molar-refractivity contribution in [1.29, 1.82) is 0 Å². The highest BCUT2D eigenvalue weighted by Crippen LogP contribution is 2.42. The number of hydrogen-bond acceptors (Lipinski definition) is 4. The number of carbonyl (C=O) groups is 2. The first-order chi connectivity index (χ1) is 15.5. The fraction of sp³-hybridized carbons (Fsp3) is 0.360. The SMILES string of the molecule is COc1ccc(/C=C2\Sc3ccccc3N(CC(=O)N[C@H]3CCCC[C@H]3C)C2=O)cc1Br. The van der Waals surface area contributed by atoms with Gasteiger partial charge in [0.15, 0.2) is 0 Å². The molecular weight excluding hydrogens is 488 g/mol. The molecule has 0 bridgehead atoms. The normalized spacial score (nSPS) is 21.9. The molecular formula is C25H27BrN2O3S. The molecule has 2 aromatic rings. The Morgan fingerprint density at radius 1 is 1.25 bits per heavy atom. The number of thioether (sulfide) groups is 1. The largest absolute Gasteiger partial charge is 0.496 e. The van der Waals surface area contributed by atoms with Gasteiger partial charge in [-0.1, -0.05) is 49.7 Å². The molecule has 0 radical (unpaired) electrons. The highest BCUT2D eigenvalue weighted by atomic mass is 79.9. The lowest BCUT2D eigenvalue weighted by Gasteiger charge is -2.32. The number of nitrogens with one attached hydrogen (secondary N) is 1. The average Bonchev–Trinajstić information content (AvgIpc) is 2.78. The summed E-state index contributed by atoms with van der Waals surface area (Å²) in [6, 6.07) is 13.6. The molecule has 32 heavy (non-hydrogen) atoms. The quantitative estimate of drug-likeness (QED) is 0.525. The predicted molar refractivity (Wildman–Crippen MR) is 133 cm³/mol. The summed E-state index contributed by atoms with van der Waals surface area (Å²) in [7, 11) is 1.62. The van der Waals surface area contributed by atoms with E-state index < -0.39 is 0 Å². The third kappa shape index (κ3) is 5.04. The Morgan fingerprint density at radius 3 is 2.78 bits per heavy atom. The fourth-order valence-electron chi connectivity index (χ4n) is 4.27. The minimum Gasteiger partial charge on any atom is -0.496 e. The maximum Gasteiger partial charge on any atom is 0.265 e. The van der Waals surface area contributed by atoms with Gasteiger partial charge in [-0.2, -0.15) is 0 Å². The van der Waals surface area contributed by atoms with Crippen molar-refractivity contribution in [3.63, 3.8) is 0 Å². The minimum atomic E-state index is -0.160. The van der Waals surface area contributed by atoms with Crippen LogP contribution in [0.25, 0.3) is 6.08 Å². The molecule has 7 heteroatoms. The number of carbonyl (C=O) groups excluding carboxylic acids is 2. The molecule has 0 spiro atoms. The Kier molecular flexibility index (Phi) is 7.26. The number of amides is 2. The van der Waals surface area contributed by atoms with Crippen LogP contribution in [0.5, 0.6) is 5.75 Å². The van der Waals surface area contributed by atoms with E-state index >= 15 is 0 Å². The first kappa shape index (κ1) is 22.9. The Bertz CT molecular complexity index is 1060. The monoisotopic (exact) mass is 514 g/mol. The third-order valence-corrected chi connectivity index (χ3v) is 7.76. The van der Waals surface area contributed by atoms with Crippen molar-refractivity contribution in [1.82, 2.24) is 5.32 Å². The molecule has 2 atom stereocenters. The molecule has 5 nitrogen and oxygen atoms in total. The zero-order valence-corrected chi connectivity index (χ0v) is 20.7. The molecule has 1 aliphatic heterocycles. The molecule has 4 rings (SSSR count). The van der Waals surface area contributed by atoms with Crippen LogP contribution < -0.4 is 15.0 Å². The summed E-state index contributed by atoms with van der Waals surface area (Å²) in [5.74, 6) is 0.935. The summed E-state index contributed by atoms with van der Waals surface area (Å²) in [6.07, 6.45) is 6.36. The van der Waals surface area contributed by atoms with Crippen LogP contribution in [0.15, 0.2) is 56.7 Å². The molecule has 1 heterocycles. The first-order valence-corrected chi connectivity index (χ1v) is 12.5. The Balaban J connectivity index is 1.58. The predicted octanol–water partition coefficient (Wildman–Crippen LogP) is 5.63. The number of halogens is 1. The molecule has 1 aliphatic carbocycles. The maximum atomic E-state index is 13.4. The van der Waals surface area contributed by atoms with Crippen molar-refractivity contribution < 1.29 is 14.3 Å². The first-order valence-electron chi connectivity index (χ1n) is 10.9. The van der Waals surface area contributed by atoms with E-state index in [1.807, 2.05) is 48.5 Å². The van der Waals surface area contributed by atoms with E-state index in [9.17, 15) is 9.59 Å². The number of methoxy groups -OCH3 is 1. The third-order valence-electron chi connectivity index (χ3n) is 6.07. The second kappa shape index (κ2) is 10.1. The molecule has 2 aliphatic rings. The maximum absolute atomic E-state index is 13.4. The van der Waals surface area contributed by atoms with E-state index in [1.54, 1.807) is 12.0 Å². The number of rotatable bonds is 5. The van der Waals surface area contributed by atoms with E-state index in [1.165, 1.54) is 18.2 Å². The second-order valence-corrected chi connectivity index (χ2v) is 10.2. The lowest BCUT2D eigenvalue weighted by molar-refractivity contribution is -0.123. The summed E-state index contributed by atoms with van der Waals surface area (Å²) in [5, 5.41) is 3.17. The van der Waals surface area contributed by atoms with Crippen molar-refractivity contribution in [2.24, 2.45) is 5.92 Å². The molecule has 0 saturated heterocycles. The lowest BCUT2D eigenvalue weighted by atomic mass is 9.86. The summed E-state index contributed by atoms with van der Waals surface area (Å²) in [6.45, 7) is 2.21. The highest BCUT2D eigenvalue weighted by Gasteiger charge is 2.31. The number of para-hydroxylation sites is 1. The standard InChI is InChI=1S/C25H27BrN2O3S/c1-16-7-3-4-8-19(16)27-24(29)15-28-20-9-5-6-10-22(20)32-23(25(28)30)14-17-11-12-21(31-2)18(26)13-17/h5-6,9-14,16,19H,3-4,7-8,15H2,1-2H3,(H,27,29)/b23-14-/t16-,19+/m1/s1. The highest BCUT2D eigenvalue weighted by molar-refractivity contribution is 9.10. The van der Waals surface area contributed by atoms with Gasteiger partial charge in [0.05, 0.1) is 22.2 Å². The summed E-state index contributed by atoms with van der Waals surface area (Å²) >= 11 is 4.93. The molecule has 1 saturated carbocycles. The van der Waals surface area contributed by atoms with E-state index in [0.29, 0.717) is 10.8 Å². The number of ether oxygens (including phenoxy) is 1. The zero-order chi connectivity index (χ0) is 22.7. The van der Waals surface area contributed by atoms with Crippen LogP contribution in [0, 0.1) is 5.92 Å². The van der Waals surface area contributed by atoms with E-state index in [-0.39, 0.29) is 24.4 Å². The van der Waals surface area contributed by atoms with Gasteiger partial charge in [-0.05, 0) is 70.6 Å². The summed E-state index contributed by atoms with van der Waals surface area (Å²) in [4.78, 5) is 29.5.